The largest absolute Gasteiger partial charge is 0.481 e. The first-order valence-corrected chi connectivity index (χ1v) is 5.28. The molecule has 0 saturated heterocycles. The molecule has 0 fully saturated rings. The standard InChI is InChI=1S/C11H15N3O3/c1-2-7(11(16)17)6-13-9-5-3-4-8(14-9)10(12)15/h3-5,7H,2,6H2,1H3,(H2,12,15)(H,13,14)(H,16,17). The SMILES string of the molecule is CCC(CNc1cccc(C(N)=O)n1)C(=O)O. The van der Waals surface area contributed by atoms with E-state index in [4.69, 9.17) is 10.8 Å². The number of nitrogens with zero attached hydrogens (tertiary/aromatic N) is 1. The molecule has 0 spiro atoms. The molecule has 0 bridgehead atoms. The molecule has 4 N–H and O–H groups in total. The number of hydrogen-bond acceptors (Lipinski definition) is 4. The number of nitrogens with one attached hydrogen (secondary N) is 1. The van der Waals surface area contributed by atoms with Gasteiger partial charge in [-0.25, -0.2) is 4.98 Å². The third-order valence-electron chi connectivity index (χ3n) is 2.37. The molecule has 1 unspecified atom stereocenters. The molecule has 0 radical (unpaired) electrons. The van der Waals surface area contributed by atoms with Gasteiger partial charge in [0.05, 0.1) is 5.92 Å². The third kappa shape index (κ3) is 3.75. The second-order valence-electron chi connectivity index (χ2n) is 3.60. The Labute approximate surface area is 98.8 Å². The smallest absolute Gasteiger partial charge is 0.308 e. The van der Waals surface area contributed by atoms with E-state index >= 15 is 0 Å². The van der Waals surface area contributed by atoms with Crippen LogP contribution in [0.1, 0.15) is 23.8 Å². The monoisotopic (exact) mass is 237 g/mol. The van der Waals surface area contributed by atoms with Gasteiger partial charge in [0.25, 0.3) is 5.91 Å². The molecule has 0 saturated carbocycles. The van der Waals surface area contributed by atoms with Crippen molar-refractivity contribution in [2.45, 2.75) is 13.3 Å². The number of primary amides is 1. The van der Waals surface area contributed by atoms with Gasteiger partial charge in [0.1, 0.15) is 11.5 Å². The minimum absolute atomic E-state index is 0.151. The van der Waals surface area contributed by atoms with Crippen molar-refractivity contribution >= 4 is 17.7 Å². The minimum Gasteiger partial charge on any atom is -0.481 e. The molecular weight excluding hydrogens is 222 g/mol. The summed E-state index contributed by atoms with van der Waals surface area (Å²) in [5, 5.41) is 11.7. The molecule has 17 heavy (non-hydrogen) atoms. The topological polar surface area (TPSA) is 105 Å². The molecule has 1 amide bonds. The van der Waals surface area contributed by atoms with E-state index in [0.29, 0.717) is 12.2 Å². The first-order valence-electron chi connectivity index (χ1n) is 5.28. The number of carbonyl (C=O) groups excluding carboxylic acids is 1. The van der Waals surface area contributed by atoms with Crippen molar-refractivity contribution in [3.63, 3.8) is 0 Å². The van der Waals surface area contributed by atoms with Crippen molar-refractivity contribution in [1.82, 2.24) is 4.98 Å². The van der Waals surface area contributed by atoms with Gasteiger partial charge in [-0.05, 0) is 18.6 Å². The van der Waals surface area contributed by atoms with Crippen LogP contribution in [-0.4, -0.2) is 28.5 Å². The number of carboxylic acids is 1. The second-order valence-corrected chi connectivity index (χ2v) is 3.60. The quantitative estimate of drug-likeness (QED) is 0.675. The van der Waals surface area contributed by atoms with Gasteiger partial charge in [0.2, 0.25) is 0 Å². The van der Waals surface area contributed by atoms with Crippen molar-refractivity contribution < 1.29 is 14.7 Å². The third-order valence-corrected chi connectivity index (χ3v) is 2.37. The predicted molar refractivity (Wildman–Crippen MR) is 62.7 cm³/mol. The van der Waals surface area contributed by atoms with Gasteiger partial charge >= 0.3 is 5.97 Å². The Morgan fingerprint density at radius 2 is 2.24 bits per heavy atom. The Bertz CT molecular complexity index is 420. The number of carbonyl (C=O) groups is 2. The molecule has 0 aromatic carbocycles. The Morgan fingerprint density at radius 1 is 1.53 bits per heavy atom. The summed E-state index contributed by atoms with van der Waals surface area (Å²) in [6, 6.07) is 4.79. The molecule has 6 nitrogen and oxygen atoms in total. The normalized spacial score (nSPS) is 11.8. The molecular formula is C11H15N3O3. The number of nitrogens with two attached hydrogens (primary N) is 1. The number of aromatic nitrogens is 1. The van der Waals surface area contributed by atoms with Crippen molar-refractivity contribution in [3.8, 4) is 0 Å². The van der Waals surface area contributed by atoms with E-state index in [1.807, 2.05) is 0 Å². The Kier molecular flexibility index (Phi) is 4.45. The fourth-order valence-electron chi connectivity index (χ4n) is 1.30. The van der Waals surface area contributed by atoms with Crippen LogP contribution in [0.15, 0.2) is 18.2 Å². The fraction of sp³-hybridized carbons (Fsp3) is 0.364. The van der Waals surface area contributed by atoms with Crippen molar-refractivity contribution in [2.24, 2.45) is 11.7 Å². The van der Waals surface area contributed by atoms with Gasteiger partial charge in [-0.2, -0.15) is 0 Å². The molecule has 1 atom stereocenters. The number of amides is 1. The molecule has 92 valence electrons. The predicted octanol–water partition coefficient (Wildman–Crippen LogP) is 0.703. The summed E-state index contributed by atoms with van der Waals surface area (Å²) in [6.45, 7) is 2.06. The van der Waals surface area contributed by atoms with E-state index in [1.165, 1.54) is 6.07 Å². The first kappa shape index (κ1) is 13.0. The number of hydrogen-bond donors (Lipinski definition) is 3. The Balaban J connectivity index is 2.66. The van der Waals surface area contributed by atoms with Crippen LogP contribution in [0.3, 0.4) is 0 Å². The van der Waals surface area contributed by atoms with E-state index < -0.39 is 17.8 Å². The molecule has 1 aromatic rings. The van der Waals surface area contributed by atoms with Crippen molar-refractivity contribution in [3.05, 3.63) is 23.9 Å². The molecule has 0 aliphatic rings. The number of rotatable bonds is 6. The van der Waals surface area contributed by atoms with Crippen LogP contribution >= 0.6 is 0 Å². The lowest BCUT2D eigenvalue weighted by Gasteiger charge is -2.11. The van der Waals surface area contributed by atoms with E-state index in [0.717, 1.165) is 0 Å². The fourth-order valence-corrected chi connectivity index (χ4v) is 1.30. The van der Waals surface area contributed by atoms with Crippen LogP contribution in [0.2, 0.25) is 0 Å². The van der Waals surface area contributed by atoms with Gasteiger partial charge in [-0.1, -0.05) is 13.0 Å². The summed E-state index contributed by atoms with van der Waals surface area (Å²) in [6.07, 6.45) is 0.526. The summed E-state index contributed by atoms with van der Waals surface area (Å²) in [7, 11) is 0. The molecule has 1 rings (SSSR count). The molecule has 0 aliphatic carbocycles. The van der Waals surface area contributed by atoms with Gasteiger partial charge in [-0.3, -0.25) is 9.59 Å². The lowest BCUT2D eigenvalue weighted by molar-refractivity contribution is -0.141. The van der Waals surface area contributed by atoms with Crippen LogP contribution in [0.5, 0.6) is 0 Å². The maximum Gasteiger partial charge on any atom is 0.308 e. The van der Waals surface area contributed by atoms with Gasteiger partial charge in [0.15, 0.2) is 0 Å². The van der Waals surface area contributed by atoms with Crippen LogP contribution in [0.4, 0.5) is 5.82 Å². The number of pyridine rings is 1. The maximum absolute atomic E-state index is 10.9. The highest BCUT2D eigenvalue weighted by Crippen LogP contribution is 2.08. The van der Waals surface area contributed by atoms with E-state index in [-0.39, 0.29) is 12.2 Å². The zero-order valence-corrected chi connectivity index (χ0v) is 9.51. The Morgan fingerprint density at radius 3 is 2.76 bits per heavy atom. The maximum atomic E-state index is 10.9. The summed E-state index contributed by atoms with van der Waals surface area (Å²) < 4.78 is 0. The lowest BCUT2D eigenvalue weighted by Crippen LogP contribution is -2.23. The van der Waals surface area contributed by atoms with Crippen LogP contribution in [0.25, 0.3) is 0 Å². The first-order chi connectivity index (χ1) is 8.04. The summed E-state index contributed by atoms with van der Waals surface area (Å²) >= 11 is 0. The van der Waals surface area contributed by atoms with E-state index in [2.05, 4.69) is 10.3 Å². The minimum atomic E-state index is -0.856. The average Bonchev–Trinajstić information content (AvgIpc) is 2.29. The van der Waals surface area contributed by atoms with Gasteiger partial charge in [-0.15, -0.1) is 0 Å². The Hall–Kier alpha value is -2.11. The summed E-state index contributed by atoms with van der Waals surface area (Å²) in [5.41, 5.74) is 5.24. The average molecular weight is 237 g/mol. The zero-order valence-electron chi connectivity index (χ0n) is 9.51. The highest BCUT2D eigenvalue weighted by atomic mass is 16.4. The van der Waals surface area contributed by atoms with Gasteiger partial charge < -0.3 is 16.2 Å². The zero-order chi connectivity index (χ0) is 12.8. The number of aliphatic carboxylic acids is 1. The molecule has 1 aromatic heterocycles. The summed E-state index contributed by atoms with van der Waals surface area (Å²) in [4.78, 5) is 25.6. The number of carboxylic acid groups (broad SMARTS) is 1. The van der Waals surface area contributed by atoms with Gasteiger partial charge in [0, 0.05) is 6.54 Å². The molecule has 0 aliphatic heterocycles. The number of anilines is 1. The van der Waals surface area contributed by atoms with Crippen LogP contribution in [-0.2, 0) is 4.79 Å². The molecule has 1 heterocycles. The van der Waals surface area contributed by atoms with Crippen molar-refractivity contribution in [1.29, 1.82) is 0 Å². The van der Waals surface area contributed by atoms with E-state index in [1.54, 1.807) is 19.1 Å². The van der Waals surface area contributed by atoms with Crippen LogP contribution in [0, 0.1) is 5.92 Å². The highest BCUT2D eigenvalue weighted by molar-refractivity contribution is 5.91. The summed E-state index contributed by atoms with van der Waals surface area (Å²) in [5.74, 6) is -1.50. The van der Waals surface area contributed by atoms with E-state index in [9.17, 15) is 9.59 Å². The van der Waals surface area contributed by atoms with Crippen LogP contribution < -0.4 is 11.1 Å². The molecule has 6 heteroatoms. The highest BCUT2D eigenvalue weighted by Gasteiger charge is 2.14. The van der Waals surface area contributed by atoms with Crippen molar-refractivity contribution in [2.75, 3.05) is 11.9 Å². The lowest BCUT2D eigenvalue weighted by atomic mass is 10.1. The second kappa shape index (κ2) is 5.83.